The fourth-order valence-electron chi connectivity index (χ4n) is 4.92. The van der Waals surface area contributed by atoms with E-state index in [1.54, 1.807) is 0 Å². The minimum Gasteiger partial charge on any atom is -0.390 e. The van der Waals surface area contributed by atoms with Gasteiger partial charge in [-0.2, -0.15) is 0 Å². The first-order chi connectivity index (χ1) is 9.29. The lowest BCUT2D eigenvalue weighted by atomic mass is 9.61. The molecular weight excluding hydrogens is 234 g/mol. The monoisotopic (exact) mass is 261 g/mol. The molecule has 1 atom stereocenters. The Morgan fingerprint density at radius 1 is 0.947 bits per heavy atom. The lowest BCUT2D eigenvalue weighted by Crippen LogP contribution is -2.55. The summed E-state index contributed by atoms with van der Waals surface area (Å²) in [4.78, 5) is 0. The smallest absolute Gasteiger partial charge is 0.0601 e. The van der Waals surface area contributed by atoms with Crippen LogP contribution in [0.25, 0.3) is 0 Å². The topological polar surface area (TPSA) is 36.1 Å². The maximum absolute atomic E-state index is 3.87. The summed E-state index contributed by atoms with van der Waals surface area (Å²) in [5, 5.41) is 11.0. The zero-order valence-corrected chi connectivity index (χ0v) is 11.9. The van der Waals surface area contributed by atoms with Gasteiger partial charge in [0.05, 0.1) is 6.17 Å². The number of hydrogen-bond acceptors (Lipinski definition) is 3. The van der Waals surface area contributed by atoms with E-state index < -0.39 is 0 Å². The summed E-state index contributed by atoms with van der Waals surface area (Å²) in [6, 6.07) is 0. The van der Waals surface area contributed by atoms with E-state index in [0.29, 0.717) is 17.0 Å². The summed E-state index contributed by atoms with van der Waals surface area (Å²) in [5.41, 5.74) is 1.14. The van der Waals surface area contributed by atoms with Crippen LogP contribution in [0.15, 0.2) is 12.3 Å². The van der Waals surface area contributed by atoms with Crippen LogP contribution in [0.1, 0.15) is 44.9 Å². The van der Waals surface area contributed by atoms with Crippen molar-refractivity contribution < 1.29 is 0 Å². The molecule has 2 aliphatic carbocycles. The van der Waals surface area contributed by atoms with Gasteiger partial charge < -0.3 is 16.0 Å². The van der Waals surface area contributed by atoms with Crippen LogP contribution in [0.4, 0.5) is 0 Å². The molecule has 0 amide bonds. The SMILES string of the molecule is C1=CC2(CN1)CC(C1NCCC3(CCCC3)CN1)C2. The van der Waals surface area contributed by atoms with E-state index in [4.69, 9.17) is 0 Å². The van der Waals surface area contributed by atoms with Crippen molar-refractivity contribution in [2.75, 3.05) is 19.6 Å². The second kappa shape index (κ2) is 4.49. The number of nitrogens with one attached hydrogen (secondary N) is 3. The predicted molar refractivity (Wildman–Crippen MR) is 77.6 cm³/mol. The van der Waals surface area contributed by atoms with Crippen LogP contribution in [-0.2, 0) is 0 Å². The Bertz CT molecular complexity index is 364. The average molecular weight is 261 g/mol. The normalized spacial score (nSPS) is 44.2. The molecule has 0 aromatic rings. The molecule has 2 saturated carbocycles. The van der Waals surface area contributed by atoms with Crippen LogP contribution in [0, 0.1) is 16.7 Å². The van der Waals surface area contributed by atoms with Crippen LogP contribution in [-0.4, -0.2) is 25.8 Å². The molecule has 4 aliphatic rings. The lowest BCUT2D eigenvalue weighted by Gasteiger charge is -2.47. The molecule has 0 aromatic carbocycles. The predicted octanol–water partition coefficient (Wildman–Crippen LogP) is 1.97. The van der Waals surface area contributed by atoms with Gasteiger partial charge in [0, 0.05) is 18.5 Å². The first-order valence-electron chi connectivity index (χ1n) is 8.17. The Labute approximate surface area is 116 Å². The molecule has 1 unspecified atom stereocenters. The van der Waals surface area contributed by atoms with E-state index in [0.717, 1.165) is 5.92 Å². The molecule has 19 heavy (non-hydrogen) atoms. The van der Waals surface area contributed by atoms with Crippen molar-refractivity contribution in [1.29, 1.82) is 0 Å². The summed E-state index contributed by atoms with van der Waals surface area (Å²) in [7, 11) is 0. The molecule has 3 nitrogen and oxygen atoms in total. The molecule has 3 heteroatoms. The molecule has 106 valence electrons. The number of rotatable bonds is 1. The van der Waals surface area contributed by atoms with Crippen molar-refractivity contribution in [3.8, 4) is 0 Å². The first kappa shape index (κ1) is 12.2. The van der Waals surface area contributed by atoms with Gasteiger partial charge in [0.25, 0.3) is 0 Å². The summed E-state index contributed by atoms with van der Waals surface area (Å²) in [5.74, 6) is 0.834. The van der Waals surface area contributed by atoms with E-state index >= 15 is 0 Å². The molecule has 0 aromatic heterocycles. The third-order valence-electron chi connectivity index (χ3n) is 6.20. The van der Waals surface area contributed by atoms with Crippen molar-refractivity contribution in [3.05, 3.63) is 12.3 Å². The molecule has 3 fully saturated rings. The molecule has 4 rings (SSSR count). The standard InChI is InChI=1S/C16H27N3/c1-2-4-15(3-1)6-8-18-14(19-12-15)13-9-16(10-13)5-7-17-11-16/h5,7,13-14,17-19H,1-4,6,8-12H2. The van der Waals surface area contributed by atoms with Gasteiger partial charge in [0.15, 0.2) is 0 Å². The molecule has 2 aliphatic heterocycles. The fourth-order valence-corrected chi connectivity index (χ4v) is 4.92. The van der Waals surface area contributed by atoms with E-state index in [-0.39, 0.29) is 0 Å². The van der Waals surface area contributed by atoms with E-state index in [1.165, 1.54) is 64.6 Å². The highest BCUT2D eigenvalue weighted by atomic mass is 15.2. The van der Waals surface area contributed by atoms with Crippen LogP contribution in [0.2, 0.25) is 0 Å². The van der Waals surface area contributed by atoms with E-state index in [1.807, 2.05) is 0 Å². The molecule has 2 heterocycles. The van der Waals surface area contributed by atoms with Crippen LogP contribution >= 0.6 is 0 Å². The van der Waals surface area contributed by atoms with Gasteiger partial charge in [-0.1, -0.05) is 18.9 Å². The van der Waals surface area contributed by atoms with Gasteiger partial charge in [0.2, 0.25) is 0 Å². The van der Waals surface area contributed by atoms with Crippen LogP contribution in [0.5, 0.6) is 0 Å². The van der Waals surface area contributed by atoms with Crippen molar-refractivity contribution in [2.24, 2.45) is 16.7 Å². The second-order valence-electron chi connectivity index (χ2n) is 7.51. The molecule has 0 radical (unpaired) electrons. The highest BCUT2D eigenvalue weighted by Crippen LogP contribution is 2.49. The van der Waals surface area contributed by atoms with Gasteiger partial charge in [-0.25, -0.2) is 0 Å². The molecule has 0 bridgehead atoms. The molecule has 3 N–H and O–H groups in total. The third-order valence-corrected chi connectivity index (χ3v) is 6.20. The summed E-state index contributed by atoms with van der Waals surface area (Å²) < 4.78 is 0. The summed E-state index contributed by atoms with van der Waals surface area (Å²) >= 11 is 0. The van der Waals surface area contributed by atoms with Crippen molar-refractivity contribution in [2.45, 2.75) is 51.1 Å². The van der Waals surface area contributed by atoms with Gasteiger partial charge in [0.1, 0.15) is 0 Å². The largest absolute Gasteiger partial charge is 0.390 e. The summed E-state index contributed by atoms with van der Waals surface area (Å²) in [6.45, 7) is 3.64. The highest BCUT2D eigenvalue weighted by molar-refractivity contribution is 5.14. The quantitative estimate of drug-likeness (QED) is 0.675. The first-order valence-corrected chi connectivity index (χ1v) is 8.17. The molecule has 1 saturated heterocycles. The van der Waals surface area contributed by atoms with Crippen molar-refractivity contribution >= 4 is 0 Å². The highest BCUT2D eigenvalue weighted by Gasteiger charge is 2.47. The lowest BCUT2D eigenvalue weighted by molar-refractivity contribution is 0.0731. The van der Waals surface area contributed by atoms with Gasteiger partial charge in [-0.15, -0.1) is 0 Å². The third kappa shape index (κ3) is 2.11. The maximum atomic E-state index is 3.87. The Hall–Kier alpha value is -0.540. The Morgan fingerprint density at radius 3 is 2.53 bits per heavy atom. The van der Waals surface area contributed by atoms with Gasteiger partial charge in [-0.05, 0) is 56.2 Å². The van der Waals surface area contributed by atoms with Crippen LogP contribution < -0.4 is 16.0 Å². The summed E-state index contributed by atoms with van der Waals surface area (Å²) in [6.07, 6.45) is 15.0. The maximum Gasteiger partial charge on any atom is 0.0601 e. The van der Waals surface area contributed by atoms with Crippen molar-refractivity contribution in [1.82, 2.24) is 16.0 Å². The van der Waals surface area contributed by atoms with E-state index in [2.05, 4.69) is 28.2 Å². The Balaban J connectivity index is 1.35. The van der Waals surface area contributed by atoms with Gasteiger partial charge >= 0.3 is 0 Å². The Morgan fingerprint density at radius 2 is 1.79 bits per heavy atom. The minimum atomic E-state index is 0.505. The van der Waals surface area contributed by atoms with Gasteiger partial charge in [-0.3, -0.25) is 0 Å². The molecular formula is C16H27N3. The van der Waals surface area contributed by atoms with Crippen LogP contribution in [0.3, 0.4) is 0 Å². The zero-order valence-electron chi connectivity index (χ0n) is 11.9. The fraction of sp³-hybridized carbons (Fsp3) is 0.875. The second-order valence-corrected chi connectivity index (χ2v) is 7.51. The zero-order chi connectivity index (χ0) is 12.8. The molecule has 2 spiro atoms. The Kier molecular flexibility index (Phi) is 2.89. The minimum absolute atomic E-state index is 0.505. The van der Waals surface area contributed by atoms with Crippen molar-refractivity contribution in [3.63, 3.8) is 0 Å². The van der Waals surface area contributed by atoms with E-state index in [9.17, 15) is 0 Å². The average Bonchev–Trinajstić information content (AvgIpc) is 2.96. The number of hydrogen-bond donors (Lipinski definition) is 3.